The first-order valence-electron chi connectivity index (χ1n) is 6.69. The number of esters is 1. The Hall–Kier alpha value is -1.92. The molecule has 6 heteroatoms. The largest absolute Gasteiger partial charge is 0.496 e. The number of hydrogen-bond acceptors (Lipinski definition) is 4. The molecule has 2 aromatic carbocycles. The van der Waals surface area contributed by atoms with Crippen molar-refractivity contribution in [3.05, 3.63) is 68.2 Å². The summed E-state index contributed by atoms with van der Waals surface area (Å²) in [6.45, 7) is 0. The molecule has 23 heavy (non-hydrogen) atoms. The lowest BCUT2D eigenvalue weighted by atomic mass is 10.2. The topological polar surface area (TPSA) is 47.9 Å². The zero-order valence-electron chi connectivity index (χ0n) is 12.0. The van der Waals surface area contributed by atoms with Crippen molar-refractivity contribution in [2.45, 2.75) is 0 Å². The van der Waals surface area contributed by atoms with E-state index in [1.165, 1.54) is 0 Å². The molecule has 0 aliphatic carbocycles. The van der Waals surface area contributed by atoms with Gasteiger partial charge in [0.1, 0.15) is 5.75 Å². The summed E-state index contributed by atoms with van der Waals surface area (Å²) in [5, 5.41) is 0. The summed E-state index contributed by atoms with van der Waals surface area (Å²) in [4.78, 5) is 16.3. The number of aliphatic imine (C=N–C) groups is 1. The van der Waals surface area contributed by atoms with Gasteiger partial charge in [-0.3, -0.25) is 0 Å². The molecule has 0 unspecified atom stereocenters. The van der Waals surface area contributed by atoms with Gasteiger partial charge in [0.25, 0.3) is 0 Å². The number of nitrogens with zero attached hydrogens (tertiary/aromatic N) is 1. The lowest BCUT2D eigenvalue weighted by Crippen LogP contribution is -2.07. The minimum atomic E-state index is -0.482. The average molecular weight is 437 g/mol. The van der Waals surface area contributed by atoms with Crippen molar-refractivity contribution in [3.8, 4) is 5.75 Å². The molecule has 0 atom stereocenters. The van der Waals surface area contributed by atoms with E-state index in [1.54, 1.807) is 25.3 Å². The maximum Gasteiger partial charge on any atom is 0.363 e. The van der Waals surface area contributed by atoms with Crippen LogP contribution in [0.4, 0.5) is 0 Å². The molecule has 0 bridgehead atoms. The van der Waals surface area contributed by atoms with Gasteiger partial charge in [-0.25, -0.2) is 9.79 Å². The van der Waals surface area contributed by atoms with Crippen molar-refractivity contribution in [2.75, 3.05) is 7.11 Å². The number of halogens is 2. The quantitative estimate of drug-likeness (QED) is 0.523. The monoisotopic (exact) mass is 435 g/mol. The summed E-state index contributed by atoms with van der Waals surface area (Å²) < 4.78 is 12.4. The fraction of sp³-hybridized carbons (Fsp3) is 0.0588. The summed E-state index contributed by atoms with van der Waals surface area (Å²) in [5.41, 5.74) is 1.74. The fourth-order valence-corrected chi connectivity index (χ4v) is 2.71. The van der Waals surface area contributed by atoms with Crippen LogP contribution >= 0.6 is 31.9 Å². The lowest BCUT2D eigenvalue weighted by molar-refractivity contribution is -0.129. The van der Waals surface area contributed by atoms with Crippen LogP contribution in [0.1, 0.15) is 11.1 Å². The maximum absolute atomic E-state index is 12.0. The van der Waals surface area contributed by atoms with Crippen molar-refractivity contribution in [1.29, 1.82) is 0 Å². The van der Waals surface area contributed by atoms with E-state index in [0.717, 1.165) is 14.5 Å². The third-order valence-electron chi connectivity index (χ3n) is 3.19. The molecular formula is C17H11Br2NO3. The highest BCUT2D eigenvalue weighted by Gasteiger charge is 2.26. The Morgan fingerprint density at radius 2 is 1.78 bits per heavy atom. The van der Waals surface area contributed by atoms with Gasteiger partial charge in [0.05, 0.1) is 12.7 Å². The van der Waals surface area contributed by atoms with Gasteiger partial charge in [-0.2, -0.15) is 0 Å². The summed E-state index contributed by atoms with van der Waals surface area (Å²) >= 11 is 6.77. The second-order valence-electron chi connectivity index (χ2n) is 4.73. The fourth-order valence-electron chi connectivity index (χ4n) is 2.09. The molecule has 0 amide bonds. The van der Waals surface area contributed by atoms with E-state index in [1.807, 2.05) is 30.3 Å². The van der Waals surface area contributed by atoms with E-state index in [-0.39, 0.29) is 11.6 Å². The van der Waals surface area contributed by atoms with Crippen LogP contribution in [0.25, 0.3) is 6.08 Å². The zero-order valence-corrected chi connectivity index (χ0v) is 15.2. The molecule has 3 rings (SSSR count). The summed E-state index contributed by atoms with van der Waals surface area (Å²) in [7, 11) is 1.56. The Bertz CT molecular complexity index is 826. The minimum absolute atomic E-state index is 0.233. The summed E-state index contributed by atoms with van der Waals surface area (Å²) in [6.07, 6.45) is 1.69. The van der Waals surface area contributed by atoms with Crippen molar-refractivity contribution in [1.82, 2.24) is 0 Å². The molecule has 0 saturated carbocycles. The molecule has 0 N–H and O–H groups in total. The van der Waals surface area contributed by atoms with Crippen LogP contribution in [-0.4, -0.2) is 19.0 Å². The summed E-state index contributed by atoms with van der Waals surface area (Å²) in [5.74, 6) is 0.339. The number of carbonyl (C=O) groups is 1. The minimum Gasteiger partial charge on any atom is -0.496 e. The first-order chi connectivity index (χ1) is 11.1. The zero-order chi connectivity index (χ0) is 16.4. The van der Waals surface area contributed by atoms with Gasteiger partial charge >= 0.3 is 5.97 Å². The first kappa shape index (κ1) is 16.0. The molecule has 1 heterocycles. The second-order valence-corrected chi connectivity index (χ2v) is 6.56. The maximum atomic E-state index is 12.0. The van der Waals surface area contributed by atoms with Crippen LogP contribution in [0, 0.1) is 0 Å². The van der Waals surface area contributed by atoms with Crippen molar-refractivity contribution in [3.63, 3.8) is 0 Å². The number of methoxy groups -OCH3 is 1. The van der Waals surface area contributed by atoms with E-state index in [0.29, 0.717) is 11.3 Å². The Kier molecular flexibility index (Phi) is 4.63. The van der Waals surface area contributed by atoms with E-state index in [2.05, 4.69) is 36.9 Å². The lowest BCUT2D eigenvalue weighted by Gasteiger charge is -2.07. The predicted octanol–water partition coefficient (Wildman–Crippen LogP) is 4.56. The molecule has 0 radical (unpaired) electrons. The Labute approximate surface area is 150 Å². The Morgan fingerprint density at radius 1 is 1.09 bits per heavy atom. The van der Waals surface area contributed by atoms with E-state index in [9.17, 15) is 4.79 Å². The van der Waals surface area contributed by atoms with Crippen LogP contribution in [-0.2, 0) is 9.53 Å². The molecule has 2 aromatic rings. The van der Waals surface area contributed by atoms with Crippen LogP contribution in [0.2, 0.25) is 0 Å². The van der Waals surface area contributed by atoms with Crippen LogP contribution in [0.5, 0.6) is 5.75 Å². The Balaban J connectivity index is 1.98. The number of ether oxygens (including phenoxy) is 2. The molecule has 0 fully saturated rings. The molecule has 4 nitrogen and oxygen atoms in total. The van der Waals surface area contributed by atoms with Crippen molar-refractivity contribution >= 4 is 49.8 Å². The highest BCUT2D eigenvalue weighted by molar-refractivity contribution is 9.10. The SMILES string of the molecule is COc1ccc(Br)cc1C1=NC(=Cc2ccc(Br)cc2)C(=O)O1. The number of rotatable bonds is 3. The molecule has 116 valence electrons. The molecular weight excluding hydrogens is 426 g/mol. The average Bonchev–Trinajstić information content (AvgIpc) is 2.90. The summed E-state index contributed by atoms with van der Waals surface area (Å²) in [6, 6.07) is 13.0. The van der Waals surface area contributed by atoms with Crippen molar-refractivity contribution < 1.29 is 14.3 Å². The van der Waals surface area contributed by atoms with Crippen LogP contribution in [0.3, 0.4) is 0 Å². The first-order valence-corrected chi connectivity index (χ1v) is 8.27. The van der Waals surface area contributed by atoms with Crippen LogP contribution < -0.4 is 4.74 Å². The molecule has 1 aliphatic heterocycles. The molecule has 0 aromatic heterocycles. The molecule has 0 spiro atoms. The number of hydrogen-bond donors (Lipinski definition) is 0. The standard InChI is InChI=1S/C17H11Br2NO3/c1-22-15-7-6-12(19)9-13(15)16-20-14(17(21)23-16)8-10-2-4-11(18)5-3-10/h2-9H,1H3. The number of carbonyl (C=O) groups excluding carboxylic acids is 1. The van der Waals surface area contributed by atoms with E-state index in [4.69, 9.17) is 9.47 Å². The van der Waals surface area contributed by atoms with E-state index >= 15 is 0 Å². The van der Waals surface area contributed by atoms with Crippen LogP contribution in [0.15, 0.2) is 62.1 Å². The molecule has 1 aliphatic rings. The van der Waals surface area contributed by atoms with Gasteiger partial charge in [0, 0.05) is 8.95 Å². The molecule has 0 saturated heterocycles. The third-order valence-corrected chi connectivity index (χ3v) is 4.21. The number of benzene rings is 2. The normalized spacial score (nSPS) is 15.5. The third kappa shape index (κ3) is 3.54. The number of cyclic esters (lactones) is 1. The Morgan fingerprint density at radius 3 is 2.48 bits per heavy atom. The highest BCUT2D eigenvalue weighted by Crippen LogP contribution is 2.28. The second kappa shape index (κ2) is 6.68. The van der Waals surface area contributed by atoms with Gasteiger partial charge in [-0.05, 0) is 42.0 Å². The van der Waals surface area contributed by atoms with Crippen molar-refractivity contribution in [2.24, 2.45) is 4.99 Å². The van der Waals surface area contributed by atoms with Gasteiger partial charge < -0.3 is 9.47 Å². The van der Waals surface area contributed by atoms with Gasteiger partial charge in [-0.15, -0.1) is 0 Å². The smallest absolute Gasteiger partial charge is 0.363 e. The highest BCUT2D eigenvalue weighted by atomic mass is 79.9. The van der Waals surface area contributed by atoms with E-state index < -0.39 is 5.97 Å². The predicted molar refractivity (Wildman–Crippen MR) is 95.4 cm³/mol. The van der Waals surface area contributed by atoms with Gasteiger partial charge in [0.2, 0.25) is 5.90 Å². The van der Waals surface area contributed by atoms with Gasteiger partial charge in [-0.1, -0.05) is 44.0 Å². The van der Waals surface area contributed by atoms with Gasteiger partial charge in [0.15, 0.2) is 5.70 Å².